The van der Waals surface area contributed by atoms with E-state index in [0.717, 1.165) is 11.4 Å². The third-order valence-corrected chi connectivity index (χ3v) is 4.64. The maximum atomic E-state index is 11.9. The average molecular weight is 272 g/mol. The summed E-state index contributed by atoms with van der Waals surface area (Å²) < 4.78 is 25.3. The van der Waals surface area contributed by atoms with Crippen molar-refractivity contribution in [1.29, 1.82) is 0 Å². The van der Waals surface area contributed by atoms with Crippen LogP contribution < -0.4 is 10.0 Å². The third kappa shape index (κ3) is 2.54. The van der Waals surface area contributed by atoms with Crippen molar-refractivity contribution >= 4 is 15.9 Å². The summed E-state index contributed by atoms with van der Waals surface area (Å²) in [6.45, 7) is 3.53. The van der Waals surface area contributed by atoms with Crippen molar-refractivity contribution in [1.82, 2.24) is 20.0 Å². The second kappa shape index (κ2) is 4.69. The fourth-order valence-electron chi connectivity index (χ4n) is 1.68. The highest BCUT2D eigenvalue weighted by Crippen LogP contribution is 2.12. The molecule has 2 heterocycles. The van der Waals surface area contributed by atoms with Crippen LogP contribution >= 0.6 is 0 Å². The van der Waals surface area contributed by atoms with Gasteiger partial charge in [0, 0.05) is 13.0 Å². The first kappa shape index (κ1) is 13.0. The molecule has 1 aliphatic rings. The van der Waals surface area contributed by atoms with Crippen molar-refractivity contribution in [2.45, 2.75) is 38.1 Å². The minimum Gasteiger partial charge on any atom is -0.347 e. The second-order valence-electron chi connectivity index (χ2n) is 4.53. The Bertz CT molecular complexity index is 549. The number of aromatic nitrogens is 2. The molecule has 1 aliphatic heterocycles. The van der Waals surface area contributed by atoms with E-state index in [2.05, 4.69) is 20.0 Å². The summed E-state index contributed by atoms with van der Waals surface area (Å²) in [6, 6.07) is -0.561. The Labute approximate surface area is 105 Å². The lowest BCUT2D eigenvalue weighted by Crippen LogP contribution is -2.50. The van der Waals surface area contributed by atoms with Gasteiger partial charge in [-0.3, -0.25) is 14.8 Å². The van der Waals surface area contributed by atoms with E-state index in [1.165, 1.54) is 13.8 Å². The maximum Gasteiger partial charge on any atom is 0.250 e. The summed E-state index contributed by atoms with van der Waals surface area (Å²) >= 11 is 0. The largest absolute Gasteiger partial charge is 0.347 e. The summed E-state index contributed by atoms with van der Waals surface area (Å²) in [5, 5.41) is 2.34. The summed E-state index contributed by atoms with van der Waals surface area (Å²) in [7, 11) is -3.58. The predicted octanol–water partition coefficient (Wildman–Crippen LogP) is -0.722. The normalized spacial score (nSPS) is 19.6. The van der Waals surface area contributed by atoms with E-state index in [1.807, 2.05) is 0 Å². The van der Waals surface area contributed by atoms with Gasteiger partial charge in [0.2, 0.25) is 10.0 Å². The molecule has 18 heavy (non-hydrogen) atoms. The fraction of sp³-hybridized carbons (Fsp3) is 0.600. The number of carbonyl (C=O) groups excluding carboxylic acids is 1. The number of rotatable bonds is 3. The highest BCUT2D eigenvalue weighted by Gasteiger charge is 2.29. The molecule has 8 heteroatoms. The summed E-state index contributed by atoms with van der Waals surface area (Å²) in [4.78, 5) is 18.9. The quantitative estimate of drug-likeness (QED) is 0.673. The number of fused-ring (bicyclic) bond motifs is 1. The van der Waals surface area contributed by atoms with Gasteiger partial charge in [-0.05, 0) is 13.8 Å². The number of hydrogen-bond donors (Lipinski definition) is 3. The van der Waals surface area contributed by atoms with Gasteiger partial charge in [0.1, 0.15) is 0 Å². The number of H-pyrrole nitrogens is 1. The monoisotopic (exact) mass is 272 g/mol. The van der Waals surface area contributed by atoms with Gasteiger partial charge in [0.15, 0.2) is 0 Å². The van der Waals surface area contributed by atoms with E-state index < -0.39 is 27.2 Å². The van der Waals surface area contributed by atoms with Crippen molar-refractivity contribution in [3.8, 4) is 0 Å². The van der Waals surface area contributed by atoms with E-state index in [0.29, 0.717) is 13.0 Å². The fourth-order valence-corrected chi connectivity index (χ4v) is 2.34. The second-order valence-corrected chi connectivity index (χ2v) is 6.76. The van der Waals surface area contributed by atoms with Crippen molar-refractivity contribution < 1.29 is 13.2 Å². The van der Waals surface area contributed by atoms with Crippen LogP contribution in [-0.2, 0) is 27.8 Å². The molecule has 0 aromatic carbocycles. The molecule has 100 valence electrons. The maximum absolute atomic E-state index is 11.9. The number of carbonyl (C=O) groups is 1. The molecule has 1 atom stereocenters. The molecule has 1 amide bonds. The van der Waals surface area contributed by atoms with Gasteiger partial charge in [-0.1, -0.05) is 0 Å². The Morgan fingerprint density at radius 3 is 2.94 bits per heavy atom. The van der Waals surface area contributed by atoms with E-state index in [9.17, 15) is 13.2 Å². The number of sulfonamides is 1. The van der Waals surface area contributed by atoms with Gasteiger partial charge in [0.25, 0.3) is 5.91 Å². The third-order valence-electron chi connectivity index (χ3n) is 2.91. The van der Waals surface area contributed by atoms with Crippen LogP contribution in [-0.4, -0.2) is 35.6 Å². The van der Waals surface area contributed by atoms with Crippen LogP contribution in [0.4, 0.5) is 0 Å². The number of aromatic amines is 1. The Hall–Kier alpha value is -1.41. The van der Waals surface area contributed by atoms with Gasteiger partial charge in [0.05, 0.1) is 29.0 Å². The molecule has 0 spiro atoms. The molecule has 1 unspecified atom stereocenters. The van der Waals surface area contributed by atoms with Gasteiger partial charge < -0.3 is 4.98 Å². The minimum atomic E-state index is -3.58. The minimum absolute atomic E-state index is 0.387. The summed E-state index contributed by atoms with van der Waals surface area (Å²) in [6.07, 6.45) is 1.95. The van der Waals surface area contributed by atoms with Crippen LogP contribution in [0.15, 0.2) is 6.33 Å². The van der Waals surface area contributed by atoms with E-state index in [4.69, 9.17) is 0 Å². The van der Waals surface area contributed by atoms with E-state index >= 15 is 0 Å². The molecule has 0 fully saturated rings. The zero-order chi connectivity index (χ0) is 13.3. The molecule has 0 saturated heterocycles. The first-order valence-electron chi connectivity index (χ1n) is 5.70. The van der Waals surface area contributed by atoms with E-state index in [1.54, 1.807) is 6.33 Å². The Morgan fingerprint density at radius 1 is 1.56 bits per heavy atom. The molecule has 2 rings (SSSR count). The van der Waals surface area contributed by atoms with Crippen molar-refractivity contribution in [3.63, 3.8) is 0 Å². The predicted molar refractivity (Wildman–Crippen MR) is 65.1 cm³/mol. The Kier molecular flexibility index (Phi) is 3.40. The zero-order valence-corrected chi connectivity index (χ0v) is 11.0. The highest BCUT2D eigenvalue weighted by molar-refractivity contribution is 7.90. The molecule has 0 saturated carbocycles. The van der Waals surface area contributed by atoms with Crippen LogP contribution in [0.3, 0.4) is 0 Å². The molecular weight excluding hydrogens is 256 g/mol. The lowest BCUT2D eigenvalue weighted by atomic mass is 10.1. The smallest absolute Gasteiger partial charge is 0.250 e. The molecule has 0 bridgehead atoms. The molecule has 7 nitrogen and oxygen atoms in total. The number of hydrogen-bond acceptors (Lipinski definition) is 5. The van der Waals surface area contributed by atoms with Crippen LogP contribution in [0.5, 0.6) is 0 Å². The van der Waals surface area contributed by atoms with Crippen LogP contribution in [0.1, 0.15) is 25.2 Å². The lowest BCUT2D eigenvalue weighted by molar-refractivity contribution is -0.121. The molecule has 0 aliphatic carbocycles. The first-order chi connectivity index (χ1) is 8.40. The van der Waals surface area contributed by atoms with Crippen molar-refractivity contribution in [3.05, 3.63) is 17.7 Å². The average Bonchev–Trinajstić information content (AvgIpc) is 2.74. The Balaban J connectivity index is 2.04. The molecule has 3 N–H and O–H groups in total. The van der Waals surface area contributed by atoms with Gasteiger partial charge >= 0.3 is 0 Å². The molecule has 0 radical (unpaired) electrons. The Morgan fingerprint density at radius 2 is 2.28 bits per heavy atom. The molecular formula is C10H16N4O3S. The van der Waals surface area contributed by atoms with E-state index in [-0.39, 0.29) is 0 Å². The highest BCUT2D eigenvalue weighted by atomic mass is 32.2. The lowest BCUT2D eigenvalue weighted by Gasteiger charge is -2.22. The standard InChI is InChI=1S/C10H16N4O3S/c1-6(2)18(16,17)14-10(15)8-3-7-9(4-11-8)13-5-12-7/h5-6,8,11H,3-4H2,1-2H3,(H,12,13)(H,14,15). The number of imidazole rings is 1. The number of amides is 1. The topological polar surface area (TPSA) is 104 Å². The van der Waals surface area contributed by atoms with Crippen LogP contribution in [0.2, 0.25) is 0 Å². The van der Waals surface area contributed by atoms with Crippen LogP contribution in [0, 0.1) is 0 Å². The SMILES string of the molecule is CC(C)S(=O)(=O)NC(=O)C1Cc2nc[nH]c2CN1. The van der Waals surface area contributed by atoms with Crippen molar-refractivity contribution in [2.24, 2.45) is 0 Å². The zero-order valence-electron chi connectivity index (χ0n) is 10.2. The number of nitrogens with zero attached hydrogens (tertiary/aromatic N) is 1. The van der Waals surface area contributed by atoms with Crippen molar-refractivity contribution in [2.75, 3.05) is 0 Å². The summed E-state index contributed by atoms with van der Waals surface area (Å²) in [5.74, 6) is -0.530. The van der Waals surface area contributed by atoms with Gasteiger partial charge in [-0.2, -0.15) is 0 Å². The van der Waals surface area contributed by atoms with Gasteiger partial charge in [-0.15, -0.1) is 0 Å². The first-order valence-corrected chi connectivity index (χ1v) is 7.25. The van der Waals surface area contributed by atoms with Crippen LogP contribution in [0.25, 0.3) is 0 Å². The molecule has 1 aromatic rings. The molecule has 1 aromatic heterocycles. The number of nitrogens with one attached hydrogen (secondary N) is 3. The summed E-state index contributed by atoms with van der Waals surface area (Å²) in [5.41, 5.74) is 1.74. The van der Waals surface area contributed by atoms with Gasteiger partial charge in [-0.25, -0.2) is 13.4 Å².